The molecule has 0 radical (unpaired) electrons. The molecule has 0 unspecified atom stereocenters. The highest BCUT2D eigenvalue weighted by Gasteiger charge is 2.23. The van der Waals surface area contributed by atoms with Crippen LogP contribution in [0, 0.1) is 11.6 Å². The quantitative estimate of drug-likeness (QED) is 0.814. The van der Waals surface area contributed by atoms with E-state index in [-0.39, 0.29) is 12.1 Å². The SMILES string of the molecule is O=S(=O)(NCc1cc(Br)cs1)c1cc(CO)cc(F)c1F. The smallest absolute Gasteiger partial charge is 0.243 e. The van der Waals surface area contributed by atoms with E-state index in [0.717, 1.165) is 16.6 Å². The van der Waals surface area contributed by atoms with Crippen molar-refractivity contribution in [2.24, 2.45) is 0 Å². The highest BCUT2D eigenvalue weighted by atomic mass is 79.9. The Labute approximate surface area is 132 Å². The van der Waals surface area contributed by atoms with Crippen LogP contribution in [0.25, 0.3) is 0 Å². The third kappa shape index (κ3) is 3.86. The molecule has 0 spiro atoms. The van der Waals surface area contributed by atoms with Crippen molar-refractivity contribution in [2.75, 3.05) is 0 Å². The molecule has 4 nitrogen and oxygen atoms in total. The number of aliphatic hydroxyl groups is 1. The lowest BCUT2D eigenvalue weighted by Gasteiger charge is -2.09. The van der Waals surface area contributed by atoms with E-state index in [2.05, 4.69) is 20.7 Å². The van der Waals surface area contributed by atoms with Gasteiger partial charge in [0.1, 0.15) is 4.90 Å². The first-order valence-corrected chi connectivity index (χ1v) is 8.80. The van der Waals surface area contributed by atoms with Crippen LogP contribution < -0.4 is 4.72 Å². The molecule has 0 aliphatic rings. The monoisotopic (exact) mass is 397 g/mol. The van der Waals surface area contributed by atoms with E-state index in [1.165, 1.54) is 11.3 Å². The highest BCUT2D eigenvalue weighted by molar-refractivity contribution is 9.10. The molecule has 0 fully saturated rings. The second-order valence-electron chi connectivity index (χ2n) is 4.10. The van der Waals surface area contributed by atoms with Crippen LogP contribution in [0.4, 0.5) is 8.78 Å². The number of thiophene rings is 1. The predicted octanol–water partition coefficient (Wildman–Crippen LogP) is 2.76. The summed E-state index contributed by atoms with van der Waals surface area (Å²) in [5.74, 6) is -2.78. The molecule has 2 aromatic rings. The van der Waals surface area contributed by atoms with E-state index >= 15 is 0 Å². The second-order valence-corrected chi connectivity index (χ2v) is 7.75. The maximum atomic E-state index is 13.7. The van der Waals surface area contributed by atoms with Crippen LogP contribution in [0.15, 0.2) is 32.9 Å². The van der Waals surface area contributed by atoms with Crippen molar-refractivity contribution >= 4 is 37.3 Å². The van der Waals surface area contributed by atoms with Gasteiger partial charge in [0.05, 0.1) is 6.61 Å². The summed E-state index contributed by atoms with van der Waals surface area (Å²) in [5.41, 5.74) is -0.0202. The maximum absolute atomic E-state index is 13.7. The van der Waals surface area contributed by atoms with E-state index in [1.807, 2.05) is 0 Å². The molecule has 0 bridgehead atoms. The number of hydrogen-bond acceptors (Lipinski definition) is 4. The Morgan fingerprint density at radius 1 is 1.29 bits per heavy atom. The third-order valence-electron chi connectivity index (χ3n) is 2.58. The molecule has 1 aromatic carbocycles. The van der Waals surface area contributed by atoms with Crippen molar-refractivity contribution < 1.29 is 22.3 Å². The zero-order chi connectivity index (χ0) is 15.6. The van der Waals surface area contributed by atoms with Gasteiger partial charge in [-0.1, -0.05) is 0 Å². The number of nitrogens with one attached hydrogen (secondary N) is 1. The Kier molecular flexibility index (Phi) is 5.10. The minimum absolute atomic E-state index is 0.0202. The lowest BCUT2D eigenvalue weighted by Crippen LogP contribution is -2.24. The van der Waals surface area contributed by atoms with Gasteiger partial charge in [-0.05, 0) is 39.7 Å². The normalized spacial score (nSPS) is 11.8. The van der Waals surface area contributed by atoms with Crippen molar-refractivity contribution in [3.8, 4) is 0 Å². The second kappa shape index (κ2) is 6.49. The zero-order valence-corrected chi connectivity index (χ0v) is 13.7. The van der Waals surface area contributed by atoms with Crippen LogP contribution in [0.5, 0.6) is 0 Å². The molecule has 2 N–H and O–H groups in total. The number of sulfonamides is 1. The van der Waals surface area contributed by atoms with Gasteiger partial charge < -0.3 is 5.11 Å². The lowest BCUT2D eigenvalue weighted by atomic mass is 10.2. The first-order chi connectivity index (χ1) is 9.83. The van der Waals surface area contributed by atoms with Crippen LogP contribution in [-0.2, 0) is 23.2 Å². The minimum atomic E-state index is -4.22. The summed E-state index contributed by atoms with van der Waals surface area (Å²) < 4.78 is 54.1. The number of halogens is 3. The number of rotatable bonds is 5. The van der Waals surface area contributed by atoms with E-state index in [9.17, 15) is 17.2 Å². The Balaban J connectivity index is 2.29. The van der Waals surface area contributed by atoms with Crippen molar-refractivity contribution in [1.82, 2.24) is 4.72 Å². The summed E-state index contributed by atoms with van der Waals surface area (Å²) in [4.78, 5) is -0.105. The molecule has 114 valence electrons. The molecule has 0 atom stereocenters. The van der Waals surface area contributed by atoms with Crippen LogP contribution >= 0.6 is 27.3 Å². The summed E-state index contributed by atoms with van der Waals surface area (Å²) in [7, 11) is -4.22. The summed E-state index contributed by atoms with van der Waals surface area (Å²) in [6.45, 7) is -0.624. The van der Waals surface area contributed by atoms with Gasteiger partial charge in [0.2, 0.25) is 10.0 Å². The predicted molar refractivity (Wildman–Crippen MR) is 78.3 cm³/mol. The fraction of sp³-hybridized carbons (Fsp3) is 0.167. The topological polar surface area (TPSA) is 66.4 Å². The van der Waals surface area contributed by atoms with Gasteiger partial charge in [0.15, 0.2) is 11.6 Å². The zero-order valence-electron chi connectivity index (χ0n) is 10.4. The van der Waals surface area contributed by atoms with Gasteiger partial charge in [-0.25, -0.2) is 21.9 Å². The van der Waals surface area contributed by atoms with Crippen molar-refractivity contribution in [2.45, 2.75) is 18.0 Å². The van der Waals surface area contributed by atoms with E-state index in [1.54, 1.807) is 11.4 Å². The number of benzene rings is 1. The molecule has 0 saturated carbocycles. The van der Waals surface area contributed by atoms with Crippen molar-refractivity contribution in [3.05, 3.63) is 50.1 Å². The molecule has 0 saturated heterocycles. The van der Waals surface area contributed by atoms with Crippen molar-refractivity contribution in [3.63, 3.8) is 0 Å². The number of hydrogen-bond donors (Lipinski definition) is 2. The number of aliphatic hydroxyl groups excluding tert-OH is 1. The summed E-state index contributed by atoms with van der Waals surface area (Å²) >= 11 is 4.55. The van der Waals surface area contributed by atoms with Crippen molar-refractivity contribution in [1.29, 1.82) is 0 Å². The van der Waals surface area contributed by atoms with Crippen LogP contribution in [0.1, 0.15) is 10.4 Å². The average molecular weight is 398 g/mol. The molecule has 1 heterocycles. The van der Waals surface area contributed by atoms with E-state index in [4.69, 9.17) is 5.11 Å². The third-order valence-corrected chi connectivity index (χ3v) is 5.68. The molecule has 0 aliphatic heterocycles. The Morgan fingerprint density at radius 3 is 2.57 bits per heavy atom. The minimum Gasteiger partial charge on any atom is -0.392 e. The van der Waals surface area contributed by atoms with Crippen LogP contribution in [-0.4, -0.2) is 13.5 Å². The molecule has 2 rings (SSSR count). The first kappa shape index (κ1) is 16.5. The fourth-order valence-electron chi connectivity index (χ4n) is 1.59. The highest BCUT2D eigenvalue weighted by Crippen LogP contribution is 2.22. The molecule has 9 heteroatoms. The Bertz CT molecular complexity index is 762. The largest absolute Gasteiger partial charge is 0.392 e. The fourth-order valence-corrected chi connectivity index (χ4v) is 4.22. The molecular weight excluding hydrogens is 388 g/mol. The molecule has 1 aromatic heterocycles. The van der Waals surface area contributed by atoms with Gasteiger partial charge in [-0.2, -0.15) is 0 Å². The lowest BCUT2D eigenvalue weighted by molar-refractivity contribution is 0.280. The van der Waals surface area contributed by atoms with Crippen LogP contribution in [0.3, 0.4) is 0 Å². The van der Waals surface area contributed by atoms with Gasteiger partial charge in [0, 0.05) is 21.3 Å². The Hall–Kier alpha value is -0.870. The molecular formula is C12H10BrF2NO3S2. The van der Waals surface area contributed by atoms with Gasteiger partial charge in [-0.3, -0.25) is 0 Å². The summed E-state index contributed by atoms with van der Waals surface area (Å²) in [6, 6.07) is 3.38. The van der Waals surface area contributed by atoms with Gasteiger partial charge in [0.25, 0.3) is 0 Å². The van der Waals surface area contributed by atoms with Gasteiger partial charge >= 0.3 is 0 Å². The van der Waals surface area contributed by atoms with Crippen LogP contribution in [0.2, 0.25) is 0 Å². The first-order valence-electron chi connectivity index (χ1n) is 5.65. The molecule has 21 heavy (non-hydrogen) atoms. The summed E-state index contributed by atoms with van der Waals surface area (Å²) in [6.07, 6.45) is 0. The molecule has 0 amide bonds. The standard InChI is InChI=1S/C12H10BrF2NO3S2/c13-8-3-9(20-6-8)4-16-21(18,19)11-2-7(5-17)1-10(14)12(11)15/h1-3,6,16-17H,4-5H2. The van der Waals surface area contributed by atoms with Gasteiger partial charge in [-0.15, -0.1) is 11.3 Å². The average Bonchev–Trinajstić information content (AvgIpc) is 2.85. The molecule has 0 aliphatic carbocycles. The summed E-state index contributed by atoms with van der Waals surface area (Å²) in [5, 5.41) is 10.7. The van der Waals surface area contributed by atoms with E-state index < -0.39 is 33.2 Å². The van der Waals surface area contributed by atoms with E-state index in [0.29, 0.717) is 4.88 Å². The maximum Gasteiger partial charge on any atom is 0.243 e. The Morgan fingerprint density at radius 2 is 2.00 bits per heavy atom.